The lowest BCUT2D eigenvalue weighted by atomic mass is 10.1. The van der Waals surface area contributed by atoms with Crippen LogP contribution in [0.5, 0.6) is 5.75 Å². The number of methoxy groups -OCH3 is 1. The van der Waals surface area contributed by atoms with Crippen molar-refractivity contribution in [1.82, 2.24) is 9.88 Å². The van der Waals surface area contributed by atoms with Crippen LogP contribution >= 0.6 is 0 Å². The summed E-state index contributed by atoms with van der Waals surface area (Å²) >= 11 is 0. The van der Waals surface area contributed by atoms with E-state index in [4.69, 9.17) is 4.74 Å². The molecule has 0 bridgehead atoms. The zero-order chi connectivity index (χ0) is 17.7. The summed E-state index contributed by atoms with van der Waals surface area (Å²) in [6, 6.07) is 10.7. The molecule has 1 N–H and O–H groups in total. The quantitative estimate of drug-likeness (QED) is 0.878. The van der Waals surface area contributed by atoms with Crippen LogP contribution in [0.4, 0.5) is 5.82 Å². The minimum absolute atomic E-state index is 0.174. The van der Waals surface area contributed by atoms with Gasteiger partial charge in [-0.3, -0.25) is 4.79 Å². The van der Waals surface area contributed by atoms with Crippen LogP contribution < -0.4 is 9.64 Å². The second-order valence-electron chi connectivity index (χ2n) is 5.75. The number of ether oxygens (including phenoxy) is 1. The van der Waals surface area contributed by atoms with Gasteiger partial charge in [0.25, 0.3) is 5.91 Å². The van der Waals surface area contributed by atoms with Crippen molar-refractivity contribution in [1.29, 1.82) is 0 Å². The van der Waals surface area contributed by atoms with E-state index in [1.807, 2.05) is 26.2 Å². The van der Waals surface area contributed by atoms with Gasteiger partial charge in [0.2, 0.25) is 0 Å². The first-order chi connectivity index (χ1) is 11.4. The van der Waals surface area contributed by atoms with Crippen molar-refractivity contribution >= 4 is 11.7 Å². The summed E-state index contributed by atoms with van der Waals surface area (Å²) in [7, 11) is 6.92. The Kier molecular flexibility index (Phi) is 5.76. The van der Waals surface area contributed by atoms with Gasteiger partial charge in [0.05, 0.1) is 25.3 Å². The lowest BCUT2D eigenvalue weighted by molar-refractivity contribution is 0.0681. The van der Waals surface area contributed by atoms with Crippen LogP contribution in [0.15, 0.2) is 42.6 Å². The SMILES string of the molecule is COc1cccc(C(O)CN(C)C(=O)c2cccnc2N(C)C)c1. The molecule has 0 spiro atoms. The van der Waals surface area contributed by atoms with Crippen LogP contribution in [0.1, 0.15) is 22.0 Å². The summed E-state index contributed by atoms with van der Waals surface area (Å²) in [5.41, 5.74) is 1.20. The van der Waals surface area contributed by atoms with Crippen molar-refractivity contribution in [2.45, 2.75) is 6.10 Å². The van der Waals surface area contributed by atoms with E-state index in [9.17, 15) is 9.90 Å². The smallest absolute Gasteiger partial charge is 0.257 e. The van der Waals surface area contributed by atoms with E-state index in [2.05, 4.69) is 4.98 Å². The molecule has 24 heavy (non-hydrogen) atoms. The molecule has 0 aliphatic carbocycles. The number of hydrogen-bond acceptors (Lipinski definition) is 5. The number of hydrogen-bond donors (Lipinski definition) is 1. The lowest BCUT2D eigenvalue weighted by Crippen LogP contribution is -2.32. The number of rotatable bonds is 6. The fourth-order valence-electron chi connectivity index (χ4n) is 2.42. The Labute approximate surface area is 142 Å². The summed E-state index contributed by atoms with van der Waals surface area (Å²) in [4.78, 5) is 20.2. The number of benzene rings is 1. The molecule has 2 rings (SSSR count). The molecule has 128 valence electrons. The molecule has 2 aromatic rings. The molecule has 1 atom stereocenters. The van der Waals surface area contributed by atoms with Crippen molar-refractivity contribution in [3.63, 3.8) is 0 Å². The maximum atomic E-state index is 12.7. The van der Waals surface area contributed by atoms with Gasteiger partial charge in [0.1, 0.15) is 11.6 Å². The average Bonchev–Trinajstić information content (AvgIpc) is 2.60. The number of aliphatic hydroxyl groups excluding tert-OH is 1. The van der Waals surface area contributed by atoms with Crippen LogP contribution in [0.3, 0.4) is 0 Å². The fourth-order valence-corrected chi connectivity index (χ4v) is 2.42. The van der Waals surface area contributed by atoms with E-state index >= 15 is 0 Å². The topological polar surface area (TPSA) is 65.9 Å². The molecule has 6 nitrogen and oxygen atoms in total. The highest BCUT2D eigenvalue weighted by Gasteiger charge is 2.20. The maximum absolute atomic E-state index is 12.7. The zero-order valence-corrected chi connectivity index (χ0v) is 14.4. The lowest BCUT2D eigenvalue weighted by Gasteiger charge is -2.23. The molecule has 1 amide bonds. The third kappa shape index (κ3) is 4.02. The Balaban J connectivity index is 2.14. The largest absolute Gasteiger partial charge is 0.497 e. The zero-order valence-electron chi connectivity index (χ0n) is 14.4. The van der Waals surface area contributed by atoms with Crippen LogP contribution in [0.25, 0.3) is 0 Å². The Hall–Kier alpha value is -2.60. The van der Waals surface area contributed by atoms with Crippen molar-refractivity contribution in [2.24, 2.45) is 0 Å². The van der Waals surface area contributed by atoms with Gasteiger partial charge in [-0.25, -0.2) is 4.98 Å². The highest BCUT2D eigenvalue weighted by molar-refractivity contribution is 5.98. The van der Waals surface area contributed by atoms with Crippen molar-refractivity contribution in [3.05, 3.63) is 53.7 Å². The van der Waals surface area contributed by atoms with Gasteiger partial charge >= 0.3 is 0 Å². The van der Waals surface area contributed by atoms with Gasteiger partial charge < -0.3 is 19.6 Å². The molecule has 0 fully saturated rings. The second kappa shape index (κ2) is 7.79. The highest BCUT2D eigenvalue weighted by atomic mass is 16.5. The molecule has 1 aromatic heterocycles. The number of aromatic nitrogens is 1. The number of nitrogens with zero attached hydrogens (tertiary/aromatic N) is 3. The Morgan fingerprint density at radius 3 is 2.67 bits per heavy atom. The summed E-state index contributed by atoms with van der Waals surface area (Å²) < 4.78 is 5.16. The summed E-state index contributed by atoms with van der Waals surface area (Å²) in [5.74, 6) is 1.08. The predicted molar refractivity (Wildman–Crippen MR) is 93.5 cm³/mol. The second-order valence-corrected chi connectivity index (χ2v) is 5.75. The van der Waals surface area contributed by atoms with Crippen molar-refractivity contribution in [2.75, 3.05) is 39.7 Å². The fraction of sp³-hybridized carbons (Fsp3) is 0.333. The Bertz CT molecular complexity index is 703. The molecular formula is C18H23N3O3. The van der Waals surface area contributed by atoms with Gasteiger partial charge in [-0.05, 0) is 29.8 Å². The molecule has 0 aliphatic rings. The average molecular weight is 329 g/mol. The molecule has 1 aromatic carbocycles. The minimum Gasteiger partial charge on any atom is -0.497 e. The predicted octanol–water partition coefficient (Wildman–Crippen LogP) is 1.96. The van der Waals surface area contributed by atoms with E-state index in [1.54, 1.807) is 49.5 Å². The van der Waals surface area contributed by atoms with E-state index in [0.717, 1.165) is 0 Å². The molecular weight excluding hydrogens is 306 g/mol. The first-order valence-corrected chi connectivity index (χ1v) is 7.64. The number of anilines is 1. The monoisotopic (exact) mass is 329 g/mol. The number of carbonyl (C=O) groups excluding carboxylic acids is 1. The van der Waals surface area contributed by atoms with Crippen LogP contribution in [0.2, 0.25) is 0 Å². The van der Waals surface area contributed by atoms with Crippen LogP contribution in [-0.4, -0.2) is 55.7 Å². The third-order valence-electron chi connectivity index (χ3n) is 3.71. The van der Waals surface area contributed by atoms with Crippen molar-refractivity contribution < 1.29 is 14.6 Å². The normalized spacial score (nSPS) is 11.7. The van der Waals surface area contributed by atoms with Gasteiger partial charge in [-0.15, -0.1) is 0 Å². The van der Waals surface area contributed by atoms with E-state index in [0.29, 0.717) is 22.7 Å². The molecule has 6 heteroatoms. The maximum Gasteiger partial charge on any atom is 0.257 e. The number of aliphatic hydroxyl groups is 1. The Morgan fingerprint density at radius 2 is 2.00 bits per heavy atom. The minimum atomic E-state index is -0.798. The first-order valence-electron chi connectivity index (χ1n) is 7.64. The summed E-state index contributed by atoms with van der Waals surface area (Å²) in [6.07, 6.45) is 0.852. The molecule has 0 radical (unpaired) electrons. The van der Waals surface area contributed by atoms with Gasteiger partial charge in [-0.1, -0.05) is 12.1 Å². The molecule has 1 heterocycles. The number of likely N-dealkylation sites (N-methyl/N-ethyl adjacent to an activating group) is 1. The van der Waals surface area contributed by atoms with Crippen molar-refractivity contribution in [3.8, 4) is 5.75 Å². The third-order valence-corrected chi connectivity index (χ3v) is 3.71. The van der Waals surface area contributed by atoms with Crippen LogP contribution in [0, 0.1) is 0 Å². The number of carbonyl (C=O) groups is 1. The summed E-state index contributed by atoms with van der Waals surface area (Å²) in [5, 5.41) is 10.4. The highest BCUT2D eigenvalue weighted by Crippen LogP contribution is 2.21. The first kappa shape index (κ1) is 17.7. The number of amides is 1. The molecule has 1 unspecified atom stereocenters. The Morgan fingerprint density at radius 1 is 1.25 bits per heavy atom. The number of pyridine rings is 1. The van der Waals surface area contributed by atoms with Crippen LogP contribution in [-0.2, 0) is 0 Å². The molecule has 0 saturated carbocycles. The summed E-state index contributed by atoms with van der Waals surface area (Å²) in [6.45, 7) is 0.174. The van der Waals surface area contributed by atoms with E-state index in [-0.39, 0.29) is 12.5 Å². The van der Waals surface area contributed by atoms with Gasteiger partial charge in [0, 0.05) is 27.3 Å². The molecule has 0 aliphatic heterocycles. The molecule has 0 saturated heterocycles. The van der Waals surface area contributed by atoms with Gasteiger partial charge in [-0.2, -0.15) is 0 Å². The van der Waals surface area contributed by atoms with E-state index in [1.165, 1.54) is 4.90 Å². The van der Waals surface area contributed by atoms with Gasteiger partial charge in [0.15, 0.2) is 0 Å². The standard InChI is InChI=1S/C18H23N3O3/c1-20(2)17-15(9-6-10-19-17)18(23)21(3)12-16(22)13-7-5-8-14(11-13)24-4/h5-11,16,22H,12H2,1-4H3. The van der Waals surface area contributed by atoms with E-state index < -0.39 is 6.10 Å².